The molecule has 0 saturated heterocycles. The molecule has 1 aromatic rings. The van der Waals surface area contributed by atoms with E-state index in [0.29, 0.717) is 11.9 Å². The zero-order valence-electron chi connectivity index (χ0n) is 19.4. The fourth-order valence-electron chi connectivity index (χ4n) is 5.29. The lowest BCUT2D eigenvalue weighted by Gasteiger charge is -2.45. The number of methoxy groups -OCH3 is 1. The first-order valence-corrected chi connectivity index (χ1v) is 11.7. The molecule has 2 saturated carbocycles. The van der Waals surface area contributed by atoms with Gasteiger partial charge in [-0.25, -0.2) is 4.99 Å². The van der Waals surface area contributed by atoms with Gasteiger partial charge in [-0.2, -0.15) is 0 Å². The number of aliphatic imine (C=N–C) groups is 1. The number of benzene rings is 1. The first kappa shape index (κ1) is 22.1. The first-order chi connectivity index (χ1) is 14.8. The van der Waals surface area contributed by atoms with Crippen LogP contribution in [0.1, 0.15) is 63.5 Å². The molecule has 4 rings (SSSR count). The van der Waals surface area contributed by atoms with Crippen LogP contribution >= 0.6 is 0 Å². The predicted molar refractivity (Wildman–Crippen MR) is 122 cm³/mol. The second-order valence-corrected chi connectivity index (χ2v) is 10.0. The number of nitrogens with zero attached hydrogens (tertiary/aromatic N) is 2. The molecule has 6 heteroatoms. The monoisotopic (exact) mass is 427 g/mol. The maximum absolute atomic E-state index is 13.0. The second kappa shape index (κ2) is 8.45. The third-order valence-corrected chi connectivity index (χ3v) is 7.83. The third-order valence-electron chi connectivity index (χ3n) is 7.83. The Balaban J connectivity index is 1.77. The molecule has 3 aliphatic rings. The molecule has 3 aliphatic carbocycles. The van der Waals surface area contributed by atoms with Crippen molar-refractivity contribution in [2.75, 3.05) is 20.8 Å². The number of nitrogens with two attached hydrogens (primary N) is 1. The molecule has 2 N–H and O–H groups in total. The van der Waals surface area contributed by atoms with E-state index in [-0.39, 0.29) is 17.6 Å². The van der Waals surface area contributed by atoms with E-state index in [1.807, 2.05) is 18.0 Å². The minimum absolute atomic E-state index is 0.196. The number of fused-ring (bicyclic) bond motifs is 1. The quantitative estimate of drug-likeness (QED) is 0.408. The Hall–Kier alpha value is -2.08. The van der Waals surface area contributed by atoms with E-state index in [2.05, 4.69) is 26.0 Å². The van der Waals surface area contributed by atoms with E-state index < -0.39 is 5.54 Å². The van der Waals surface area contributed by atoms with Gasteiger partial charge in [0.05, 0.1) is 12.7 Å². The van der Waals surface area contributed by atoms with Gasteiger partial charge in [-0.15, -0.1) is 0 Å². The van der Waals surface area contributed by atoms with Gasteiger partial charge in [0.1, 0.15) is 5.75 Å². The minimum atomic E-state index is -0.993. The standard InChI is InChI=1S/C25H37N3O3/c1-17(2)28(3)23(26)27-25(16-29)22-13-21(31-15-18-5-6-18)8-7-19(22)14-24(25)11-9-20(30-4)10-12-24/h7-8,13,16-18,20H,5-6,9-12,14-15H2,1-4H3,(H2,26,27)/t20?,24?,25-/m1/s1. The number of guanidine groups is 1. The lowest BCUT2D eigenvalue weighted by molar-refractivity contribution is -0.118. The molecular weight excluding hydrogens is 390 g/mol. The van der Waals surface area contributed by atoms with Crippen LogP contribution in [0, 0.1) is 11.3 Å². The highest BCUT2D eigenvalue weighted by molar-refractivity contribution is 5.84. The van der Waals surface area contributed by atoms with Crippen molar-refractivity contribution in [2.24, 2.45) is 22.1 Å². The van der Waals surface area contributed by atoms with Crippen LogP contribution in [0.4, 0.5) is 0 Å². The van der Waals surface area contributed by atoms with E-state index in [4.69, 9.17) is 20.2 Å². The highest BCUT2D eigenvalue weighted by atomic mass is 16.5. The van der Waals surface area contributed by atoms with Crippen molar-refractivity contribution in [3.63, 3.8) is 0 Å². The number of ether oxygens (including phenoxy) is 2. The number of hydrogen-bond donors (Lipinski definition) is 1. The molecule has 1 atom stereocenters. The molecule has 170 valence electrons. The summed E-state index contributed by atoms with van der Waals surface area (Å²) in [6, 6.07) is 6.42. The molecule has 0 unspecified atom stereocenters. The van der Waals surface area contributed by atoms with Crippen molar-refractivity contribution in [1.82, 2.24) is 4.90 Å². The summed E-state index contributed by atoms with van der Waals surface area (Å²) in [5, 5.41) is 0. The molecule has 0 heterocycles. The van der Waals surface area contributed by atoms with Gasteiger partial charge in [-0.1, -0.05) is 6.07 Å². The van der Waals surface area contributed by atoms with Crippen LogP contribution in [0.15, 0.2) is 23.2 Å². The molecule has 1 aromatic carbocycles. The number of carbonyl (C=O) groups is 1. The molecular formula is C25H37N3O3. The van der Waals surface area contributed by atoms with Crippen molar-refractivity contribution in [1.29, 1.82) is 0 Å². The van der Waals surface area contributed by atoms with Gasteiger partial charge in [0.2, 0.25) is 0 Å². The van der Waals surface area contributed by atoms with E-state index in [9.17, 15) is 4.79 Å². The van der Waals surface area contributed by atoms with E-state index >= 15 is 0 Å². The van der Waals surface area contributed by atoms with Gasteiger partial charge in [0.25, 0.3) is 0 Å². The smallest absolute Gasteiger partial charge is 0.192 e. The predicted octanol–water partition coefficient (Wildman–Crippen LogP) is 3.66. The van der Waals surface area contributed by atoms with E-state index in [1.54, 1.807) is 7.11 Å². The van der Waals surface area contributed by atoms with Crippen LogP contribution in [0.25, 0.3) is 0 Å². The Morgan fingerprint density at radius 2 is 2.00 bits per heavy atom. The van der Waals surface area contributed by atoms with Crippen molar-refractivity contribution >= 4 is 12.2 Å². The number of aldehydes is 1. The highest BCUT2D eigenvalue weighted by Gasteiger charge is 2.59. The molecule has 31 heavy (non-hydrogen) atoms. The average Bonchev–Trinajstić information content (AvgIpc) is 3.57. The molecule has 1 spiro atoms. The van der Waals surface area contributed by atoms with Crippen LogP contribution in [-0.2, 0) is 21.5 Å². The summed E-state index contributed by atoms with van der Waals surface area (Å²) in [5.74, 6) is 1.91. The second-order valence-electron chi connectivity index (χ2n) is 10.0. The first-order valence-electron chi connectivity index (χ1n) is 11.7. The topological polar surface area (TPSA) is 77.1 Å². The Morgan fingerprint density at radius 1 is 1.29 bits per heavy atom. The van der Waals surface area contributed by atoms with Gasteiger partial charge < -0.3 is 24.9 Å². The molecule has 0 aromatic heterocycles. The van der Waals surface area contributed by atoms with Crippen LogP contribution in [0.2, 0.25) is 0 Å². The normalized spacial score (nSPS) is 30.5. The summed E-state index contributed by atoms with van der Waals surface area (Å²) in [7, 11) is 3.71. The fraction of sp³-hybridized carbons (Fsp3) is 0.680. The number of rotatable bonds is 7. The summed E-state index contributed by atoms with van der Waals surface area (Å²) in [6.45, 7) is 4.89. The maximum Gasteiger partial charge on any atom is 0.192 e. The summed E-state index contributed by atoms with van der Waals surface area (Å²) in [6.07, 6.45) is 8.26. The number of hydrogen-bond acceptors (Lipinski definition) is 4. The minimum Gasteiger partial charge on any atom is -0.493 e. The van der Waals surface area contributed by atoms with Crippen molar-refractivity contribution in [3.05, 3.63) is 29.3 Å². The maximum atomic E-state index is 13.0. The summed E-state index contributed by atoms with van der Waals surface area (Å²) >= 11 is 0. The van der Waals surface area contributed by atoms with Gasteiger partial charge in [0, 0.05) is 25.6 Å². The Bertz CT molecular complexity index is 840. The molecule has 0 radical (unpaired) electrons. The van der Waals surface area contributed by atoms with Crippen LogP contribution < -0.4 is 10.5 Å². The van der Waals surface area contributed by atoms with Gasteiger partial charge in [0.15, 0.2) is 17.8 Å². The third kappa shape index (κ3) is 3.95. The van der Waals surface area contributed by atoms with Crippen LogP contribution in [-0.4, -0.2) is 50.1 Å². The van der Waals surface area contributed by atoms with Gasteiger partial charge in [-0.05, 0) is 88.0 Å². The molecule has 0 amide bonds. The van der Waals surface area contributed by atoms with Crippen molar-refractivity contribution in [3.8, 4) is 5.75 Å². The van der Waals surface area contributed by atoms with Gasteiger partial charge in [-0.3, -0.25) is 0 Å². The molecule has 0 aliphatic heterocycles. The summed E-state index contributed by atoms with van der Waals surface area (Å²) < 4.78 is 11.7. The SMILES string of the molecule is COC1CCC2(CC1)Cc1ccc(OCC3CC3)cc1[C@@]2(C=O)/N=C(/N)N(C)C(C)C. The van der Waals surface area contributed by atoms with Crippen molar-refractivity contribution in [2.45, 2.75) is 76.5 Å². The van der Waals surface area contributed by atoms with Gasteiger partial charge >= 0.3 is 0 Å². The Labute approximate surface area is 186 Å². The largest absolute Gasteiger partial charge is 0.493 e. The lowest BCUT2D eigenvalue weighted by atomic mass is 9.62. The van der Waals surface area contributed by atoms with Crippen LogP contribution in [0.3, 0.4) is 0 Å². The molecule has 6 nitrogen and oxygen atoms in total. The van der Waals surface area contributed by atoms with Crippen LogP contribution in [0.5, 0.6) is 5.75 Å². The Morgan fingerprint density at radius 3 is 2.58 bits per heavy atom. The molecule has 0 bridgehead atoms. The average molecular weight is 428 g/mol. The number of carbonyl (C=O) groups excluding carboxylic acids is 1. The molecule has 2 fully saturated rings. The fourth-order valence-corrected chi connectivity index (χ4v) is 5.29. The summed E-state index contributed by atoms with van der Waals surface area (Å²) in [5.41, 5.74) is 7.35. The van der Waals surface area contributed by atoms with Crippen molar-refractivity contribution < 1.29 is 14.3 Å². The van der Waals surface area contributed by atoms with E-state index in [0.717, 1.165) is 56.3 Å². The zero-order chi connectivity index (χ0) is 22.2. The highest BCUT2D eigenvalue weighted by Crippen LogP contribution is 2.59. The zero-order valence-corrected chi connectivity index (χ0v) is 19.4. The lowest BCUT2D eigenvalue weighted by Crippen LogP contribution is -2.49. The summed E-state index contributed by atoms with van der Waals surface area (Å²) in [4.78, 5) is 19.9. The Kier molecular flexibility index (Phi) is 6.03. The van der Waals surface area contributed by atoms with E-state index in [1.165, 1.54) is 18.4 Å².